The zero-order valence-electron chi connectivity index (χ0n) is 10.1. The Hall–Kier alpha value is -2.37. The Labute approximate surface area is 103 Å². The molecule has 18 heavy (non-hydrogen) atoms. The van der Waals surface area contributed by atoms with Gasteiger partial charge >= 0.3 is 0 Å². The van der Waals surface area contributed by atoms with Crippen molar-refractivity contribution >= 4 is 17.3 Å². The summed E-state index contributed by atoms with van der Waals surface area (Å²) in [6, 6.07) is 5.50. The number of nitrogens with two attached hydrogens (primary N) is 1. The Balaban J connectivity index is 2.24. The standard InChI is InChI=1S/C12H13FN4O/c1-7-10(14)11(17(2)16-7)12(18)15-9-5-3-8(13)4-6-9/h3-6H,14H2,1-2H3,(H,15,18). The van der Waals surface area contributed by atoms with Crippen molar-refractivity contribution in [1.29, 1.82) is 0 Å². The lowest BCUT2D eigenvalue weighted by Crippen LogP contribution is -2.17. The maximum Gasteiger partial charge on any atom is 0.276 e. The molecule has 0 saturated heterocycles. The summed E-state index contributed by atoms with van der Waals surface area (Å²) in [4.78, 5) is 12.0. The number of rotatable bonds is 2. The Kier molecular flexibility index (Phi) is 3.01. The van der Waals surface area contributed by atoms with Gasteiger partial charge in [-0.2, -0.15) is 5.10 Å². The number of carbonyl (C=O) groups is 1. The molecule has 1 aromatic heterocycles. The average molecular weight is 248 g/mol. The molecule has 0 spiro atoms. The summed E-state index contributed by atoms with van der Waals surface area (Å²) in [5, 5.41) is 6.69. The van der Waals surface area contributed by atoms with E-state index in [2.05, 4.69) is 10.4 Å². The number of halogens is 1. The lowest BCUT2D eigenvalue weighted by molar-refractivity contribution is 0.101. The van der Waals surface area contributed by atoms with Crippen LogP contribution in [0.2, 0.25) is 0 Å². The molecule has 1 aromatic carbocycles. The van der Waals surface area contributed by atoms with E-state index >= 15 is 0 Å². The first-order chi connectivity index (χ1) is 8.49. The van der Waals surface area contributed by atoms with Gasteiger partial charge < -0.3 is 11.1 Å². The summed E-state index contributed by atoms with van der Waals surface area (Å²) in [7, 11) is 1.64. The molecule has 0 radical (unpaired) electrons. The van der Waals surface area contributed by atoms with E-state index in [4.69, 9.17) is 5.73 Å². The van der Waals surface area contributed by atoms with Crippen LogP contribution in [-0.4, -0.2) is 15.7 Å². The van der Waals surface area contributed by atoms with Crippen LogP contribution in [0.25, 0.3) is 0 Å². The first-order valence-electron chi connectivity index (χ1n) is 5.35. The molecule has 2 aromatic rings. The Morgan fingerprint density at radius 3 is 2.50 bits per heavy atom. The van der Waals surface area contributed by atoms with Crippen molar-refractivity contribution in [3.05, 3.63) is 41.5 Å². The van der Waals surface area contributed by atoms with Crippen LogP contribution in [0.1, 0.15) is 16.2 Å². The molecule has 6 heteroatoms. The average Bonchev–Trinajstić information content (AvgIpc) is 2.56. The fourth-order valence-electron chi connectivity index (χ4n) is 1.67. The molecule has 0 aliphatic rings. The number of benzene rings is 1. The zero-order chi connectivity index (χ0) is 13.3. The second-order valence-corrected chi connectivity index (χ2v) is 3.93. The molecule has 3 N–H and O–H groups in total. The number of nitrogens with one attached hydrogen (secondary N) is 1. The summed E-state index contributed by atoms with van der Waals surface area (Å²) < 4.78 is 14.2. The van der Waals surface area contributed by atoms with Gasteiger partial charge in [0, 0.05) is 12.7 Å². The lowest BCUT2D eigenvalue weighted by atomic mass is 10.2. The van der Waals surface area contributed by atoms with E-state index in [1.165, 1.54) is 28.9 Å². The van der Waals surface area contributed by atoms with Gasteiger partial charge in [-0.15, -0.1) is 0 Å². The molecule has 0 saturated carbocycles. The minimum Gasteiger partial charge on any atom is -0.395 e. The second kappa shape index (κ2) is 4.48. The lowest BCUT2D eigenvalue weighted by Gasteiger charge is -2.06. The molecule has 0 atom stereocenters. The van der Waals surface area contributed by atoms with Gasteiger partial charge in [0.2, 0.25) is 0 Å². The third-order valence-electron chi connectivity index (χ3n) is 2.59. The molecular formula is C12H13FN4O. The number of aryl methyl sites for hydroxylation is 2. The van der Waals surface area contributed by atoms with Crippen LogP contribution in [0.5, 0.6) is 0 Å². The summed E-state index contributed by atoms with van der Waals surface area (Å²) in [6.45, 7) is 1.73. The van der Waals surface area contributed by atoms with E-state index < -0.39 is 0 Å². The van der Waals surface area contributed by atoms with Crippen molar-refractivity contribution in [3.63, 3.8) is 0 Å². The van der Waals surface area contributed by atoms with Crippen molar-refractivity contribution in [2.24, 2.45) is 7.05 Å². The van der Waals surface area contributed by atoms with Crippen LogP contribution >= 0.6 is 0 Å². The zero-order valence-corrected chi connectivity index (χ0v) is 10.1. The van der Waals surface area contributed by atoms with E-state index in [9.17, 15) is 9.18 Å². The summed E-state index contributed by atoms with van der Waals surface area (Å²) >= 11 is 0. The predicted octanol–water partition coefficient (Wildman–Crippen LogP) is 1.70. The topological polar surface area (TPSA) is 72.9 Å². The Morgan fingerprint density at radius 1 is 1.39 bits per heavy atom. The molecule has 0 aliphatic heterocycles. The number of nitrogens with zero attached hydrogens (tertiary/aromatic N) is 2. The first-order valence-corrected chi connectivity index (χ1v) is 5.35. The third-order valence-corrected chi connectivity index (χ3v) is 2.59. The highest BCUT2D eigenvalue weighted by Crippen LogP contribution is 2.17. The highest BCUT2D eigenvalue weighted by Gasteiger charge is 2.17. The minimum atomic E-state index is -0.373. The van der Waals surface area contributed by atoms with Gasteiger partial charge in [-0.1, -0.05) is 0 Å². The van der Waals surface area contributed by atoms with Crippen LogP contribution in [0.15, 0.2) is 24.3 Å². The van der Waals surface area contributed by atoms with Gasteiger partial charge in [-0.05, 0) is 31.2 Å². The van der Waals surface area contributed by atoms with E-state index in [0.29, 0.717) is 17.1 Å². The van der Waals surface area contributed by atoms with Gasteiger partial charge in [-0.3, -0.25) is 9.48 Å². The second-order valence-electron chi connectivity index (χ2n) is 3.93. The number of anilines is 2. The third kappa shape index (κ3) is 2.17. The fourth-order valence-corrected chi connectivity index (χ4v) is 1.67. The van der Waals surface area contributed by atoms with Gasteiger partial charge in [0.1, 0.15) is 11.5 Å². The SMILES string of the molecule is Cc1nn(C)c(C(=O)Nc2ccc(F)cc2)c1N. The normalized spacial score (nSPS) is 10.4. The van der Waals surface area contributed by atoms with Crippen molar-refractivity contribution in [2.45, 2.75) is 6.92 Å². The quantitative estimate of drug-likeness (QED) is 0.849. The fraction of sp³-hybridized carbons (Fsp3) is 0.167. The molecule has 0 unspecified atom stereocenters. The first kappa shape index (κ1) is 12.1. The number of carbonyl (C=O) groups excluding carboxylic acids is 1. The van der Waals surface area contributed by atoms with Gasteiger partial charge in [-0.25, -0.2) is 4.39 Å². The molecule has 5 nitrogen and oxygen atoms in total. The van der Waals surface area contributed by atoms with Gasteiger partial charge in [0.15, 0.2) is 0 Å². The van der Waals surface area contributed by atoms with E-state index in [-0.39, 0.29) is 17.4 Å². The molecule has 0 fully saturated rings. The Bertz CT molecular complexity index is 589. The van der Waals surface area contributed by atoms with Crippen molar-refractivity contribution < 1.29 is 9.18 Å². The predicted molar refractivity (Wildman–Crippen MR) is 66.7 cm³/mol. The molecule has 1 heterocycles. The van der Waals surface area contributed by atoms with Crippen LogP contribution in [-0.2, 0) is 7.05 Å². The smallest absolute Gasteiger partial charge is 0.276 e. The molecular weight excluding hydrogens is 235 g/mol. The molecule has 0 aliphatic carbocycles. The molecule has 1 amide bonds. The van der Waals surface area contributed by atoms with Crippen molar-refractivity contribution in [3.8, 4) is 0 Å². The number of hydrogen-bond donors (Lipinski definition) is 2. The van der Waals surface area contributed by atoms with Crippen LogP contribution in [0.4, 0.5) is 15.8 Å². The number of aromatic nitrogens is 2. The summed E-state index contributed by atoms with van der Waals surface area (Å²) in [6.07, 6.45) is 0. The molecule has 94 valence electrons. The highest BCUT2D eigenvalue weighted by atomic mass is 19.1. The largest absolute Gasteiger partial charge is 0.395 e. The van der Waals surface area contributed by atoms with E-state index in [0.717, 1.165) is 0 Å². The van der Waals surface area contributed by atoms with Crippen LogP contribution in [0, 0.1) is 12.7 Å². The van der Waals surface area contributed by atoms with Gasteiger partial charge in [0.25, 0.3) is 5.91 Å². The van der Waals surface area contributed by atoms with E-state index in [1.807, 2.05) is 0 Å². The monoisotopic (exact) mass is 248 g/mol. The summed E-state index contributed by atoms with van der Waals surface area (Å²) in [5.74, 6) is -0.730. The number of amides is 1. The Morgan fingerprint density at radius 2 is 2.00 bits per heavy atom. The van der Waals surface area contributed by atoms with Crippen LogP contribution in [0.3, 0.4) is 0 Å². The molecule has 0 bridgehead atoms. The summed E-state index contributed by atoms with van der Waals surface area (Å²) in [5.41, 5.74) is 7.51. The number of nitrogen functional groups attached to an aromatic ring is 1. The maximum absolute atomic E-state index is 12.7. The van der Waals surface area contributed by atoms with E-state index in [1.54, 1.807) is 14.0 Å². The minimum absolute atomic E-state index is 0.289. The molecule has 2 rings (SSSR count). The van der Waals surface area contributed by atoms with Crippen molar-refractivity contribution in [2.75, 3.05) is 11.1 Å². The van der Waals surface area contributed by atoms with Crippen LogP contribution < -0.4 is 11.1 Å². The van der Waals surface area contributed by atoms with Gasteiger partial charge in [0.05, 0.1) is 11.4 Å². The maximum atomic E-state index is 12.7. The highest BCUT2D eigenvalue weighted by molar-refractivity contribution is 6.06. The van der Waals surface area contributed by atoms with Crippen molar-refractivity contribution in [1.82, 2.24) is 9.78 Å². The number of hydrogen-bond acceptors (Lipinski definition) is 3.